The topological polar surface area (TPSA) is 47.9 Å². The second-order valence-corrected chi connectivity index (χ2v) is 4.33. The fourth-order valence-electron chi connectivity index (χ4n) is 2.08. The molecule has 3 rings (SSSR count). The molecule has 0 saturated heterocycles. The Kier molecular flexibility index (Phi) is 2.09. The van der Waals surface area contributed by atoms with Gasteiger partial charge in [0.2, 0.25) is 6.79 Å². The SMILES string of the molecule is COCc1cc2c(cc1C1(O)CC1)OCO2. The Labute approximate surface area is 93.7 Å². The maximum absolute atomic E-state index is 10.2. The van der Waals surface area contributed by atoms with Crippen molar-refractivity contribution in [2.75, 3.05) is 13.9 Å². The summed E-state index contributed by atoms with van der Waals surface area (Å²) in [7, 11) is 1.64. The number of rotatable bonds is 3. The van der Waals surface area contributed by atoms with Gasteiger partial charge in [-0.15, -0.1) is 0 Å². The van der Waals surface area contributed by atoms with E-state index in [4.69, 9.17) is 14.2 Å². The third-order valence-corrected chi connectivity index (χ3v) is 3.12. The van der Waals surface area contributed by atoms with E-state index in [0.717, 1.165) is 35.5 Å². The minimum atomic E-state index is -0.672. The summed E-state index contributed by atoms with van der Waals surface area (Å²) in [5.41, 5.74) is 1.22. The molecule has 0 radical (unpaired) electrons. The molecule has 4 heteroatoms. The van der Waals surface area contributed by atoms with E-state index in [0.29, 0.717) is 6.61 Å². The summed E-state index contributed by atoms with van der Waals surface area (Å²) >= 11 is 0. The first-order valence-electron chi connectivity index (χ1n) is 5.37. The van der Waals surface area contributed by atoms with Crippen LogP contribution < -0.4 is 9.47 Å². The number of ether oxygens (including phenoxy) is 3. The maximum atomic E-state index is 10.2. The molecule has 1 fully saturated rings. The van der Waals surface area contributed by atoms with Crippen molar-refractivity contribution in [2.24, 2.45) is 0 Å². The average molecular weight is 222 g/mol. The monoisotopic (exact) mass is 222 g/mol. The Morgan fingerprint density at radius 1 is 1.31 bits per heavy atom. The number of benzene rings is 1. The molecule has 1 aromatic rings. The molecule has 1 aliphatic carbocycles. The highest BCUT2D eigenvalue weighted by Gasteiger charge is 2.44. The molecule has 4 nitrogen and oxygen atoms in total. The standard InChI is InChI=1S/C12H14O4/c1-14-6-8-4-10-11(16-7-15-10)5-9(8)12(13)2-3-12/h4-5,13H,2-3,6-7H2,1H3. The lowest BCUT2D eigenvalue weighted by molar-refractivity contribution is 0.141. The average Bonchev–Trinajstić information content (AvgIpc) is 2.86. The highest BCUT2D eigenvalue weighted by molar-refractivity contribution is 5.51. The Hall–Kier alpha value is -1.26. The molecule has 0 atom stereocenters. The lowest BCUT2D eigenvalue weighted by Crippen LogP contribution is -2.09. The summed E-state index contributed by atoms with van der Waals surface area (Å²) < 4.78 is 15.8. The molecule has 1 saturated carbocycles. The van der Waals surface area contributed by atoms with Crippen LogP contribution in [-0.2, 0) is 16.9 Å². The highest BCUT2D eigenvalue weighted by Crippen LogP contribution is 2.49. The summed E-state index contributed by atoms with van der Waals surface area (Å²) in [4.78, 5) is 0. The zero-order chi connectivity index (χ0) is 11.2. The van der Waals surface area contributed by atoms with Crippen LogP contribution in [0, 0.1) is 0 Å². The summed E-state index contributed by atoms with van der Waals surface area (Å²) in [6.07, 6.45) is 1.62. The van der Waals surface area contributed by atoms with Gasteiger partial charge in [0.15, 0.2) is 11.5 Å². The van der Waals surface area contributed by atoms with Gasteiger partial charge in [-0.1, -0.05) is 0 Å². The van der Waals surface area contributed by atoms with Crippen LogP contribution >= 0.6 is 0 Å². The first-order chi connectivity index (χ1) is 7.73. The smallest absolute Gasteiger partial charge is 0.231 e. The predicted octanol–water partition coefficient (Wildman–Crippen LogP) is 1.54. The normalized spacial score (nSPS) is 19.9. The Morgan fingerprint density at radius 3 is 2.62 bits per heavy atom. The Balaban J connectivity index is 2.06. The third kappa shape index (κ3) is 1.45. The summed E-state index contributed by atoms with van der Waals surface area (Å²) in [6, 6.07) is 3.78. The molecule has 1 heterocycles. The van der Waals surface area contributed by atoms with E-state index < -0.39 is 5.60 Å². The molecule has 1 aromatic carbocycles. The first kappa shape index (κ1) is 9.93. The van der Waals surface area contributed by atoms with E-state index >= 15 is 0 Å². The van der Waals surface area contributed by atoms with Gasteiger partial charge in [-0.3, -0.25) is 0 Å². The van der Waals surface area contributed by atoms with Crippen LogP contribution in [0.4, 0.5) is 0 Å². The number of hydrogen-bond donors (Lipinski definition) is 1. The lowest BCUT2D eigenvalue weighted by atomic mass is 10.00. The predicted molar refractivity (Wildman–Crippen MR) is 56.4 cm³/mol. The summed E-state index contributed by atoms with van der Waals surface area (Å²) in [5.74, 6) is 1.45. The van der Waals surface area contributed by atoms with Gasteiger partial charge in [-0.2, -0.15) is 0 Å². The fraction of sp³-hybridized carbons (Fsp3) is 0.500. The van der Waals surface area contributed by atoms with Crippen molar-refractivity contribution in [3.8, 4) is 11.5 Å². The summed E-state index contributed by atoms with van der Waals surface area (Å²) in [6.45, 7) is 0.734. The molecule has 1 aliphatic heterocycles. The molecule has 2 aliphatic rings. The maximum Gasteiger partial charge on any atom is 0.231 e. The van der Waals surface area contributed by atoms with Crippen LogP contribution in [0.25, 0.3) is 0 Å². The third-order valence-electron chi connectivity index (χ3n) is 3.12. The minimum absolute atomic E-state index is 0.254. The van der Waals surface area contributed by atoms with Crippen LogP contribution in [0.15, 0.2) is 12.1 Å². The van der Waals surface area contributed by atoms with Crippen molar-refractivity contribution >= 4 is 0 Å². The van der Waals surface area contributed by atoms with Crippen LogP contribution in [0.3, 0.4) is 0 Å². The van der Waals surface area contributed by atoms with E-state index in [9.17, 15) is 5.11 Å². The Bertz CT molecular complexity index is 423. The quantitative estimate of drug-likeness (QED) is 0.842. The van der Waals surface area contributed by atoms with Gasteiger partial charge in [-0.25, -0.2) is 0 Å². The van der Waals surface area contributed by atoms with Crippen molar-refractivity contribution in [3.05, 3.63) is 23.3 Å². The van der Waals surface area contributed by atoms with Crippen molar-refractivity contribution in [1.82, 2.24) is 0 Å². The minimum Gasteiger partial charge on any atom is -0.454 e. The summed E-state index contributed by atoms with van der Waals surface area (Å²) in [5, 5.41) is 10.2. The molecule has 0 spiro atoms. The number of methoxy groups -OCH3 is 1. The van der Waals surface area contributed by atoms with Crippen molar-refractivity contribution in [1.29, 1.82) is 0 Å². The molecule has 16 heavy (non-hydrogen) atoms. The van der Waals surface area contributed by atoms with E-state index in [1.807, 2.05) is 12.1 Å². The molecule has 0 bridgehead atoms. The van der Waals surface area contributed by atoms with E-state index in [1.165, 1.54) is 0 Å². The second kappa shape index (κ2) is 3.37. The van der Waals surface area contributed by atoms with Crippen LogP contribution in [-0.4, -0.2) is 19.0 Å². The molecular formula is C12H14O4. The van der Waals surface area contributed by atoms with E-state index in [2.05, 4.69) is 0 Å². The van der Waals surface area contributed by atoms with Gasteiger partial charge in [0, 0.05) is 7.11 Å². The fourth-order valence-corrected chi connectivity index (χ4v) is 2.08. The molecule has 1 N–H and O–H groups in total. The number of aliphatic hydroxyl groups is 1. The van der Waals surface area contributed by atoms with Gasteiger partial charge in [0.25, 0.3) is 0 Å². The Morgan fingerprint density at radius 2 is 2.00 bits per heavy atom. The zero-order valence-electron chi connectivity index (χ0n) is 9.16. The van der Waals surface area contributed by atoms with E-state index in [1.54, 1.807) is 7.11 Å². The van der Waals surface area contributed by atoms with Gasteiger partial charge in [0.1, 0.15) is 0 Å². The molecule has 86 valence electrons. The van der Waals surface area contributed by atoms with Gasteiger partial charge >= 0.3 is 0 Å². The zero-order valence-corrected chi connectivity index (χ0v) is 9.16. The lowest BCUT2D eigenvalue weighted by Gasteiger charge is -2.14. The van der Waals surface area contributed by atoms with Crippen molar-refractivity contribution in [3.63, 3.8) is 0 Å². The molecular weight excluding hydrogens is 208 g/mol. The first-order valence-corrected chi connectivity index (χ1v) is 5.37. The molecule has 0 unspecified atom stereocenters. The van der Waals surface area contributed by atoms with E-state index in [-0.39, 0.29) is 6.79 Å². The highest BCUT2D eigenvalue weighted by atomic mass is 16.7. The second-order valence-electron chi connectivity index (χ2n) is 4.33. The van der Waals surface area contributed by atoms with Gasteiger partial charge in [-0.05, 0) is 36.1 Å². The molecule has 0 aromatic heterocycles. The van der Waals surface area contributed by atoms with Crippen molar-refractivity contribution < 1.29 is 19.3 Å². The number of fused-ring (bicyclic) bond motifs is 1. The number of hydrogen-bond acceptors (Lipinski definition) is 4. The van der Waals surface area contributed by atoms with Crippen LogP contribution in [0.2, 0.25) is 0 Å². The molecule has 0 amide bonds. The van der Waals surface area contributed by atoms with Gasteiger partial charge in [0.05, 0.1) is 12.2 Å². The van der Waals surface area contributed by atoms with Crippen LogP contribution in [0.1, 0.15) is 24.0 Å². The largest absolute Gasteiger partial charge is 0.454 e. The van der Waals surface area contributed by atoms with Crippen LogP contribution in [0.5, 0.6) is 11.5 Å². The van der Waals surface area contributed by atoms with Gasteiger partial charge < -0.3 is 19.3 Å². The van der Waals surface area contributed by atoms with Crippen molar-refractivity contribution in [2.45, 2.75) is 25.0 Å².